The predicted molar refractivity (Wildman–Crippen MR) is 67.1 cm³/mol. The molecule has 1 saturated heterocycles. The Morgan fingerprint density at radius 2 is 1.89 bits per heavy atom. The van der Waals surface area contributed by atoms with E-state index in [1.54, 1.807) is 11.6 Å². The summed E-state index contributed by atoms with van der Waals surface area (Å²) in [6.07, 6.45) is 0. The Morgan fingerprint density at radius 1 is 1.39 bits per heavy atom. The summed E-state index contributed by atoms with van der Waals surface area (Å²) in [5.74, 6) is -3.87. The zero-order valence-corrected chi connectivity index (χ0v) is 11.1. The van der Waals surface area contributed by atoms with Crippen LogP contribution in [0.3, 0.4) is 0 Å². The molecule has 0 saturated carbocycles. The van der Waals surface area contributed by atoms with Gasteiger partial charge in [-0.15, -0.1) is 0 Å². The number of hydrogen-bond donors (Lipinski definition) is 1. The second kappa shape index (κ2) is 4.92. The summed E-state index contributed by atoms with van der Waals surface area (Å²) in [7, 11) is -0.707. The van der Waals surface area contributed by atoms with Crippen molar-refractivity contribution in [3.8, 4) is 0 Å². The quantitative estimate of drug-likeness (QED) is 0.687. The molecule has 0 amide bonds. The van der Waals surface area contributed by atoms with Crippen LogP contribution in [-0.4, -0.2) is 35.0 Å². The van der Waals surface area contributed by atoms with Crippen molar-refractivity contribution < 1.29 is 13.8 Å². The molecule has 1 aliphatic heterocycles. The maximum absolute atomic E-state index is 14.1. The molecule has 8 heteroatoms. The van der Waals surface area contributed by atoms with Crippen LogP contribution < -0.4 is 0 Å². The van der Waals surface area contributed by atoms with Gasteiger partial charge in [0.2, 0.25) is 0 Å². The van der Waals surface area contributed by atoms with E-state index in [1.165, 1.54) is 0 Å². The molecular weight excluding hydrogens is 284 g/mol. The Kier molecular flexibility index (Phi) is 3.83. The molecule has 1 aromatic rings. The summed E-state index contributed by atoms with van der Waals surface area (Å²) in [5, 5.41) is 9.14. The van der Waals surface area contributed by atoms with Crippen molar-refractivity contribution in [2.45, 2.75) is 12.7 Å². The second-order valence-corrected chi connectivity index (χ2v) is 5.18. The minimum absolute atomic E-state index is 0.0520. The van der Waals surface area contributed by atoms with Gasteiger partial charge >= 0.3 is 7.05 Å². The van der Waals surface area contributed by atoms with Crippen LogP contribution in [0.1, 0.15) is 5.56 Å². The van der Waals surface area contributed by atoms with Gasteiger partial charge in [-0.05, 0) is 32.0 Å². The molecule has 1 fully saturated rings. The molecule has 0 spiro atoms. The number of aromatic nitrogens is 1. The highest BCUT2D eigenvalue weighted by Gasteiger charge is 2.49. The summed E-state index contributed by atoms with van der Waals surface area (Å²) in [6, 6.07) is 2.25. The fraction of sp³-hybridized carbons (Fsp3) is 0.500. The van der Waals surface area contributed by atoms with E-state index in [9.17, 15) is 13.8 Å². The molecule has 1 N–H and O–H groups in total. The number of hydrogen-bond acceptors (Lipinski definition) is 3. The molecule has 18 heavy (non-hydrogen) atoms. The van der Waals surface area contributed by atoms with Gasteiger partial charge in [0, 0.05) is 5.56 Å². The normalized spacial score (nSPS) is 17.7. The fourth-order valence-electron chi connectivity index (χ4n) is 1.94. The van der Waals surface area contributed by atoms with Crippen LogP contribution in [0.15, 0.2) is 12.1 Å². The predicted octanol–water partition coefficient (Wildman–Crippen LogP) is 2.52. The Balaban J connectivity index is 2.16. The van der Waals surface area contributed by atoms with E-state index in [0.717, 1.165) is 12.1 Å². The Morgan fingerprint density at radius 3 is 2.33 bits per heavy atom. The number of alkyl halides is 2. The lowest BCUT2D eigenvalue weighted by Crippen LogP contribution is -2.58. The zero-order chi connectivity index (χ0) is 13.5. The van der Waals surface area contributed by atoms with Gasteiger partial charge in [-0.2, -0.15) is 0 Å². The zero-order valence-electron chi connectivity index (χ0n) is 9.58. The summed E-state index contributed by atoms with van der Waals surface area (Å²) in [4.78, 5) is 5.20. The van der Waals surface area contributed by atoms with E-state index in [1.807, 2.05) is 0 Å². The van der Waals surface area contributed by atoms with Crippen LogP contribution in [0.25, 0.3) is 0 Å². The number of pyridine rings is 1. The Bertz CT molecular complexity index is 435. The van der Waals surface area contributed by atoms with Crippen molar-refractivity contribution in [2.75, 3.05) is 13.1 Å². The maximum atomic E-state index is 14.1. The average molecular weight is 295 g/mol. The molecule has 0 atom stereocenters. The molecule has 0 radical (unpaired) electrons. The monoisotopic (exact) mass is 294 g/mol. The highest BCUT2D eigenvalue weighted by Crippen LogP contribution is 2.42. The largest absolute Gasteiger partial charge is 0.437 e. The van der Waals surface area contributed by atoms with Gasteiger partial charge in [0.05, 0.1) is 5.92 Å². The van der Waals surface area contributed by atoms with Gasteiger partial charge in [0.1, 0.15) is 10.3 Å². The molecule has 0 bridgehead atoms. The Labute approximate surface area is 114 Å². The van der Waals surface area contributed by atoms with Crippen LogP contribution in [0, 0.1) is 5.92 Å². The third kappa shape index (κ3) is 2.61. The molecule has 3 nitrogen and oxygen atoms in total. The first-order valence-electron chi connectivity index (χ1n) is 5.44. The van der Waals surface area contributed by atoms with Crippen molar-refractivity contribution in [3.63, 3.8) is 0 Å². The molecule has 0 unspecified atom stereocenters. The van der Waals surface area contributed by atoms with E-state index < -0.39 is 18.9 Å². The van der Waals surface area contributed by atoms with Crippen molar-refractivity contribution in [1.29, 1.82) is 0 Å². The first kappa shape index (κ1) is 14.0. The van der Waals surface area contributed by atoms with Gasteiger partial charge in [-0.3, -0.25) is 0 Å². The van der Waals surface area contributed by atoms with Crippen LogP contribution in [0.5, 0.6) is 0 Å². The van der Waals surface area contributed by atoms with Crippen LogP contribution in [0.4, 0.5) is 8.78 Å². The maximum Gasteiger partial charge on any atom is 0.376 e. The number of rotatable bonds is 3. The molecule has 1 aliphatic rings. The number of nitrogens with zero attached hydrogens (tertiary/aromatic N) is 2. The third-order valence-electron chi connectivity index (χ3n) is 3.10. The number of halogens is 4. The van der Waals surface area contributed by atoms with E-state index in [-0.39, 0.29) is 29.0 Å². The van der Waals surface area contributed by atoms with Crippen molar-refractivity contribution in [3.05, 3.63) is 28.0 Å². The third-order valence-corrected chi connectivity index (χ3v) is 3.49. The van der Waals surface area contributed by atoms with Crippen LogP contribution in [0.2, 0.25) is 17.1 Å². The van der Waals surface area contributed by atoms with Gasteiger partial charge in [-0.25, -0.2) is 13.8 Å². The van der Waals surface area contributed by atoms with Gasteiger partial charge in [0.15, 0.2) is 0 Å². The van der Waals surface area contributed by atoms with E-state index in [4.69, 9.17) is 23.2 Å². The van der Waals surface area contributed by atoms with Gasteiger partial charge in [0.25, 0.3) is 5.92 Å². The van der Waals surface area contributed by atoms with Crippen molar-refractivity contribution in [2.24, 2.45) is 5.92 Å². The lowest BCUT2D eigenvalue weighted by atomic mass is 9.75. The van der Waals surface area contributed by atoms with E-state index in [2.05, 4.69) is 4.98 Å². The molecule has 0 aliphatic carbocycles. The van der Waals surface area contributed by atoms with Gasteiger partial charge in [-0.1, -0.05) is 23.2 Å². The summed E-state index contributed by atoms with van der Waals surface area (Å²) >= 11 is 11.2. The fourth-order valence-corrected chi connectivity index (χ4v) is 2.40. The van der Waals surface area contributed by atoms with Crippen molar-refractivity contribution >= 4 is 30.3 Å². The molecule has 2 rings (SSSR count). The van der Waals surface area contributed by atoms with Crippen LogP contribution in [-0.2, 0) is 5.92 Å². The topological polar surface area (TPSA) is 36.4 Å². The summed E-state index contributed by atoms with van der Waals surface area (Å²) in [5.41, 5.74) is -0.234. The molecular formula is C10H11BCl2F2N2O. The molecule has 1 aromatic heterocycles. The lowest BCUT2D eigenvalue weighted by molar-refractivity contribution is -0.108. The average Bonchev–Trinajstić information content (AvgIpc) is 2.11. The second-order valence-electron chi connectivity index (χ2n) is 4.41. The minimum atomic E-state index is -3.03. The SMILES string of the molecule is CB(O)N1CC(C(F)(F)c2cc(Cl)nc(Cl)c2)C1. The highest BCUT2D eigenvalue weighted by molar-refractivity contribution is 6.45. The minimum Gasteiger partial charge on any atom is -0.437 e. The van der Waals surface area contributed by atoms with E-state index in [0.29, 0.717) is 0 Å². The molecule has 98 valence electrons. The Hall–Kier alpha value is -0.425. The highest BCUT2D eigenvalue weighted by atomic mass is 35.5. The summed E-state index contributed by atoms with van der Waals surface area (Å²) in [6.45, 7) is 1.83. The van der Waals surface area contributed by atoms with Crippen molar-refractivity contribution in [1.82, 2.24) is 9.79 Å². The standard InChI is InChI=1S/C10H11BCl2F2N2O/c1-11(18)17-4-7(5-17)10(14,15)6-2-8(12)16-9(13)3-6/h2-3,7,18H,4-5H2,1H3. The summed E-state index contributed by atoms with van der Waals surface area (Å²) < 4.78 is 28.3. The lowest BCUT2D eigenvalue weighted by Gasteiger charge is -2.44. The van der Waals surface area contributed by atoms with Gasteiger partial charge < -0.3 is 9.83 Å². The first-order valence-corrected chi connectivity index (χ1v) is 6.20. The molecule has 2 heterocycles. The van der Waals surface area contributed by atoms with E-state index >= 15 is 0 Å². The first-order chi connectivity index (χ1) is 8.30. The molecule has 0 aromatic carbocycles. The van der Waals surface area contributed by atoms with Crippen LogP contribution >= 0.6 is 23.2 Å². The smallest absolute Gasteiger partial charge is 0.376 e.